The number of hydrogen-bond acceptors (Lipinski definition) is 3. The van der Waals surface area contributed by atoms with E-state index < -0.39 is 5.97 Å². The molecule has 17 heavy (non-hydrogen) atoms. The van der Waals surface area contributed by atoms with Crippen molar-refractivity contribution < 1.29 is 13.9 Å². The number of halogens is 2. The number of hydrogen-bond donors (Lipinski definition) is 1. The summed E-state index contributed by atoms with van der Waals surface area (Å²) in [4.78, 5) is 11.5. The van der Waals surface area contributed by atoms with E-state index in [9.17, 15) is 9.18 Å². The molecule has 0 aliphatic carbocycles. The van der Waals surface area contributed by atoms with Gasteiger partial charge in [-0.2, -0.15) is 0 Å². The van der Waals surface area contributed by atoms with Gasteiger partial charge < -0.3 is 10.1 Å². The fraction of sp³-hybridized carbons (Fsp3) is 0.417. The first-order valence-electron chi connectivity index (χ1n) is 5.33. The summed E-state index contributed by atoms with van der Waals surface area (Å²) >= 11 is 0. The molecule has 0 saturated carbocycles. The summed E-state index contributed by atoms with van der Waals surface area (Å²) in [6.07, 6.45) is 1.97. The van der Waals surface area contributed by atoms with E-state index in [0.29, 0.717) is 11.1 Å². The number of nitrogens with one attached hydrogen (secondary N) is 1. The van der Waals surface area contributed by atoms with Gasteiger partial charge in [0.05, 0.1) is 12.7 Å². The SMILES string of the molecule is COC(=O)c1ccc(F)cc1[C@H]1CCCN1.Cl. The van der Waals surface area contributed by atoms with E-state index in [-0.39, 0.29) is 24.3 Å². The predicted molar refractivity (Wildman–Crippen MR) is 65.0 cm³/mol. The van der Waals surface area contributed by atoms with Gasteiger partial charge in [-0.3, -0.25) is 0 Å². The number of carbonyl (C=O) groups is 1. The van der Waals surface area contributed by atoms with Crippen LogP contribution in [-0.4, -0.2) is 19.6 Å². The van der Waals surface area contributed by atoms with Crippen molar-refractivity contribution in [2.75, 3.05) is 13.7 Å². The summed E-state index contributed by atoms with van der Waals surface area (Å²) in [6.45, 7) is 0.905. The van der Waals surface area contributed by atoms with Crippen LogP contribution < -0.4 is 5.32 Å². The molecule has 3 nitrogen and oxygen atoms in total. The van der Waals surface area contributed by atoms with Crippen molar-refractivity contribution in [2.24, 2.45) is 0 Å². The van der Waals surface area contributed by atoms with E-state index in [1.807, 2.05) is 0 Å². The van der Waals surface area contributed by atoms with Crippen molar-refractivity contribution in [1.29, 1.82) is 0 Å². The molecule has 1 aliphatic heterocycles. The van der Waals surface area contributed by atoms with E-state index in [2.05, 4.69) is 10.1 Å². The molecule has 0 spiro atoms. The summed E-state index contributed by atoms with van der Waals surface area (Å²) in [5.74, 6) is -0.736. The van der Waals surface area contributed by atoms with Crippen LogP contribution in [0.15, 0.2) is 18.2 Å². The number of benzene rings is 1. The molecule has 1 aliphatic rings. The van der Waals surface area contributed by atoms with Crippen LogP contribution in [0.5, 0.6) is 0 Å². The molecular weight excluding hydrogens is 245 g/mol. The maximum atomic E-state index is 13.2. The molecule has 1 saturated heterocycles. The third-order valence-corrected chi connectivity index (χ3v) is 2.85. The van der Waals surface area contributed by atoms with Crippen LogP contribution in [0.25, 0.3) is 0 Å². The van der Waals surface area contributed by atoms with Crippen LogP contribution in [0, 0.1) is 5.82 Å². The van der Waals surface area contributed by atoms with Crippen molar-refractivity contribution >= 4 is 18.4 Å². The molecule has 0 bridgehead atoms. The van der Waals surface area contributed by atoms with Crippen molar-refractivity contribution in [1.82, 2.24) is 5.32 Å². The molecule has 0 amide bonds. The largest absolute Gasteiger partial charge is 0.465 e. The van der Waals surface area contributed by atoms with Gasteiger partial charge in [-0.1, -0.05) is 0 Å². The minimum atomic E-state index is -0.413. The van der Waals surface area contributed by atoms with Crippen LogP contribution in [-0.2, 0) is 4.74 Å². The molecule has 1 heterocycles. The predicted octanol–water partition coefficient (Wildman–Crippen LogP) is 2.46. The highest BCUT2D eigenvalue weighted by Crippen LogP contribution is 2.27. The van der Waals surface area contributed by atoms with Crippen LogP contribution >= 0.6 is 12.4 Å². The van der Waals surface area contributed by atoms with Gasteiger partial charge >= 0.3 is 5.97 Å². The number of rotatable bonds is 2. The van der Waals surface area contributed by atoms with Gasteiger partial charge in [0.25, 0.3) is 0 Å². The third-order valence-electron chi connectivity index (χ3n) is 2.85. The minimum absolute atomic E-state index is 0. The lowest BCUT2D eigenvalue weighted by atomic mass is 9.99. The molecule has 1 aromatic rings. The van der Waals surface area contributed by atoms with Crippen molar-refractivity contribution in [3.63, 3.8) is 0 Å². The zero-order valence-electron chi connectivity index (χ0n) is 9.53. The Morgan fingerprint density at radius 2 is 2.29 bits per heavy atom. The molecule has 1 fully saturated rings. The van der Waals surface area contributed by atoms with Crippen LogP contribution in [0.3, 0.4) is 0 Å². The van der Waals surface area contributed by atoms with Crippen LogP contribution in [0.2, 0.25) is 0 Å². The molecule has 0 radical (unpaired) electrons. The van der Waals surface area contributed by atoms with Gasteiger partial charge in [0, 0.05) is 6.04 Å². The first-order chi connectivity index (χ1) is 7.72. The van der Waals surface area contributed by atoms with Crippen molar-refractivity contribution in [2.45, 2.75) is 18.9 Å². The third kappa shape index (κ3) is 2.96. The second kappa shape index (κ2) is 5.98. The molecule has 1 aromatic carbocycles. The highest BCUT2D eigenvalue weighted by molar-refractivity contribution is 5.91. The Hall–Kier alpha value is -1.13. The number of carbonyl (C=O) groups excluding carboxylic acids is 1. The summed E-state index contributed by atoms with van der Waals surface area (Å²) in [6, 6.07) is 4.24. The van der Waals surface area contributed by atoms with E-state index >= 15 is 0 Å². The van der Waals surface area contributed by atoms with E-state index in [1.165, 1.54) is 25.3 Å². The molecule has 1 atom stereocenters. The van der Waals surface area contributed by atoms with E-state index in [0.717, 1.165) is 19.4 Å². The summed E-state index contributed by atoms with van der Waals surface area (Å²) in [5, 5.41) is 3.25. The Kier molecular flexibility index (Phi) is 4.90. The standard InChI is InChI=1S/C12H14FNO2.ClH/c1-16-12(15)9-5-4-8(13)7-10(9)11-3-2-6-14-11;/h4-5,7,11,14H,2-3,6H2,1H3;1H/t11-;/m1./s1. The lowest BCUT2D eigenvalue weighted by Crippen LogP contribution is -2.17. The highest BCUT2D eigenvalue weighted by Gasteiger charge is 2.22. The Labute approximate surface area is 106 Å². The molecule has 1 N–H and O–H groups in total. The van der Waals surface area contributed by atoms with Crippen LogP contribution in [0.1, 0.15) is 34.8 Å². The summed E-state index contributed by atoms with van der Waals surface area (Å²) in [7, 11) is 1.33. The van der Waals surface area contributed by atoms with E-state index in [4.69, 9.17) is 0 Å². The van der Waals surface area contributed by atoms with Crippen LogP contribution in [0.4, 0.5) is 4.39 Å². The summed E-state index contributed by atoms with van der Waals surface area (Å²) < 4.78 is 17.9. The molecular formula is C12H15ClFNO2. The van der Waals surface area contributed by atoms with Gasteiger partial charge in [0.1, 0.15) is 5.82 Å². The molecule has 0 aromatic heterocycles. The van der Waals surface area contributed by atoms with E-state index in [1.54, 1.807) is 0 Å². The van der Waals surface area contributed by atoms with Crippen molar-refractivity contribution in [3.05, 3.63) is 35.1 Å². The number of esters is 1. The molecule has 2 rings (SSSR count). The van der Waals surface area contributed by atoms with Gasteiger partial charge in [0.2, 0.25) is 0 Å². The van der Waals surface area contributed by atoms with Crippen molar-refractivity contribution in [3.8, 4) is 0 Å². The average Bonchev–Trinajstić information content (AvgIpc) is 2.81. The maximum Gasteiger partial charge on any atom is 0.338 e. The molecule has 0 unspecified atom stereocenters. The summed E-state index contributed by atoms with van der Waals surface area (Å²) in [5.41, 5.74) is 1.15. The fourth-order valence-electron chi connectivity index (χ4n) is 2.07. The lowest BCUT2D eigenvalue weighted by molar-refractivity contribution is 0.0598. The fourth-order valence-corrected chi connectivity index (χ4v) is 2.07. The van der Waals surface area contributed by atoms with Gasteiger partial charge in [0.15, 0.2) is 0 Å². The zero-order valence-corrected chi connectivity index (χ0v) is 10.3. The Bertz CT molecular complexity index is 405. The number of methoxy groups -OCH3 is 1. The molecule has 94 valence electrons. The van der Waals surface area contributed by atoms with Gasteiger partial charge in [-0.25, -0.2) is 9.18 Å². The van der Waals surface area contributed by atoms with Gasteiger partial charge in [-0.05, 0) is 43.1 Å². The second-order valence-corrected chi connectivity index (χ2v) is 3.87. The topological polar surface area (TPSA) is 38.3 Å². The second-order valence-electron chi connectivity index (χ2n) is 3.87. The highest BCUT2D eigenvalue weighted by atomic mass is 35.5. The first kappa shape index (κ1) is 13.9. The van der Waals surface area contributed by atoms with Gasteiger partial charge in [-0.15, -0.1) is 12.4 Å². The quantitative estimate of drug-likeness (QED) is 0.829. The maximum absolute atomic E-state index is 13.2. The Morgan fingerprint density at radius 3 is 2.88 bits per heavy atom. The molecule has 5 heteroatoms. The Morgan fingerprint density at radius 1 is 1.53 bits per heavy atom. The zero-order chi connectivity index (χ0) is 11.5. The minimum Gasteiger partial charge on any atom is -0.465 e. The average molecular weight is 260 g/mol. The smallest absolute Gasteiger partial charge is 0.338 e. The lowest BCUT2D eigenvalue weighted by Gasteiger charge is -2.14. The first-order valence-corrected chi connectivity index (χ1v) is 5.33. The number of ether oxygens (including phenoxy) is 1. The monoisotopic (exact) mass is 259 g/mol. The normalized spacial score (nSPS) is 18.6. The Balaban J connectivity index is 0.00000144.